The first-order chi connectivity index (χ1) is 13.5. The zero-order chi connectivity index (χ0) is 20.1. The molecule has 0 aliphatic carbocycles. The number of quaternary nitrogens is 1. The smallest absolute Gasteiger partial charge is 0.314 e. The Labute approximate surface area is 168 Å². The van der Waals surface area contributed by atoms with Crippen LogP contribution in [0.15, 0.2) is 54.6 Å². The van der Waals surface area contributed by atoms with Gasteiger partial charge >= 0.3 is 5.97 Å². The van der Waals surface area contributed by atoms with Crippen LogP contribution in [-0.4, -0.2) is 38.3 Å². The second-order valence-corrected chi connectivity index (χ2v) is 8.09. The molecule has 0 aromatic heterocycles. The largest absolute Gasteiger partial charge is 0.497 e. The number of hydrogen-bond acceptors (Lipinski definition) is 3. The van der Waals surface area contributed by atoms with Crippen molar-refractivity contribution < 1.29 is 19.2 Å². The van der Waals surface area contributed by atoms with Crippen molar-refractivity contribution in [2.75, 3.05) is 14.2 Å². The second-order valence-electron chi connectivity index (χ2n) is 8.09. The second kappa shape index (κ2) is 9.24. The molecule has 1 aliphatic rings. The average molecular weight is 383 g/mol. The van der Waals surface area contributed by atoms with Crippen LogP contribution >= 0.6 is 0 Å². The van der Waals surface area contributed by atoms with Crippen LogP contribution in [0.4, 0.5) is 0 Å². The number of benzene rings is 2. The van der Waals surface area contributed by atoms with Gasteiger partial charge in [-0.1, -0.05) is 42.5 Å². The van der Waals surface area contributed by atoms with E-state index in [0.717, 1.165) is 29.7 Å². The molecule has 0 amide bonds. The molecule has 0 radical (unpaired) electrons. The zero-order valence-corrected chi connectivity index (χ0v) is 17.4. The van der Waals surface area contributed by atoms with Crippen molar-refractivity contribution in [1.82, 2.24) is 0 Å². The number of hydrogen-bond donors (Lipinski definition) is 1. The Kier molecular flexibility index (Phi) is 6.74. The van der Waals surface area contributed by atoms with E-state index in [4.69, 9.17) is 9.47 Å². The van der Waals surface area contributed by atoms with Crippen molar-refractivity contribution in [3.63, 3.8) is 0 Å². The number of esters is 1. The summed E-state index contributed by atoms with van der Waals surface area (Å²) >= 11 is 0. The first-order valence-corrected chi connectivity index (χ1v) is 10.2. The van der Waals surface area contributed by atoms with Crippen LogP contribution < -0.4 is 9.64 Å². The first kappa shape index (κ1) is 20.4. The summed E-state index contributed by atoms with van der Waals surface area (Å²) in [7, 11) is 3.88. The minimum absolute atomic E-state index is 0.00304. The highest BCUT2D eigenvalue weighted by molar-refractivity contribution is 5.78. The van der Waals surface area contributed by atoms with Gasteiger partial charge in [-0.15, -0.1) is 0 Å². The van der Waals surface area contributed by atoms with Crippen molar-refractivity contribution in [1.29, 1.82) is 0 Å². The third-order valence-electron chi connectivity index (χ3n) is 6.16. The fraction of sp³-hybridized carbons (Fsp3) is 0.458. The summed E-state index contributed by atoms with van der Waals surface area (Å²) in [6, 6.07) is 18.9. The van der Waals surface area contributed by atoms with Gasteiger partial charge in [0.1, 0.15) is 11.9 Å². The maximum Gasteiger partial charge on any atom is 0.314 e. The Hall–Kier alpha value is -2.33. The molecule has 0 spiro atoms. The molecule has 2 aromatic rings. The number of ether oxygens (including phenoxy) is 2. The number of carbonyl (C=O) groups excluding carboxylic acids is 1. The summed E-state index contributed by atoms with van der Waals surface area (Å²) in [6.45, 7) is 4.47. The maximum absolute atomic E-state index is 13.2. The van der Waals surface area contributed by atoms with Gasteiger partial charge in [0.05, 0.1) is 32.2 Å². The van der Waals surface area contributed by atoms with Crippen LogP contribution in [0.3, 0.4) is 0 Å². The Balaban J connectivity index is 1.75. The quantitative estimate of drug-likeness (QED) is 0.781. The van der Waals surface area contributed by atoms with Gasteiger partial charge in [-0.3, -0.25) is 4.79 Å². The van der Waals surface area contributed by atoms with Crippen LogP contribution in [0.2, 0.25) is 0 Å². The molecular weight excluding hydrogens is 350 g/mol. The number of methoxy groups -OCH3 is 1. The molecular formula is C24H32NO3+. The molecule has 3 rings (SSSR count). The fourth-order valence-electron chi connectivity index (χ4n) is 4.10. The monoisotopic (exact) mass is 382 g/mol. The lowest BCUT2D eigenvalue weighted by Gasteiger charge is -2.37. The van der Waals surface area contributed by atoms with Gasteiger partial charge in [-0.25, -0.2) is 0 Å². The van der Waals surface area contributed by atoms with E-state index in [2.05, 4.69) is 20.9 Å². The number of likely N-dealkylation sites (tertiary alicyclic amines) is 1. The molecule has 1 aliphatic heterocycles. The van der Waals surface area contributed by atoms with Gasteiger partial charge in [-0.05, 0) is 43.5 Å². The van der Waals surface area contributed by atoms with Crippen LogP contribution in [0.1, 0.15) is 43.7 Å². The van der Waals surface area contributed by atoms with E-state index in [1.54, 1.807) is 7.11 Å². The summed E-state index contributed by atoms with van der Waals surface area (Å²) in [5.74, 6) is 0.401. The minimum atomic E-state index is -0.299. The third kappa shape index (κ3) is 4.93. The molecule has 4 nitrogen and oxygen atoms in total. The van der Waals surface area contributed by atoms with E-state index in [1.165, 1.54) is 4.90 Å². The highest BCUT2D eigenvalue weighted by Gasteiger charge is 2.35. The molecule has 1 heterocycles. The molecule has 2 unspecified atom stereocenters. The molecule has 4 heteroatoms. The van der Waals surface area contributed by atoms with Gasteiger partial charge in [0.25, 0.3) is 0 Å². The van der Waals surface area contributed by atoms with Crippen molar-refractivity contribution in [3.05, 3.63) is 65.7 Å². The van der Waals surface area contributed by atoms with Gasteiger partial charge in [0, 0.05) is 12.8 Å². The number of piperidine rings is 1. The molecule has 0 bridgehead atoms. The SMILES string of the molecule is COc1ccc(C[C@H](C(=O)OC2C[C@@H](C)[NH+](C)[C@@H](C)C2)c2ccccc2)cc1. The third-order valence-corrected chi connectivity index (χ3v) is 6.16. The summed E-state index contributed by atoms with van der Waals surface area (Å²) in [6.07, 6.45) is 2.47. The van der Waals surface area contributed by atoms with E-state index in [0.29, 0.717) is 18.5 Å². The molecule has 1 saturated heterocycles. The molecule has 150 valence electrons. The van der Waals surface area contributed by atoms with E-state index >= 15 is 0 Å². The van der Waals surface area contributed by atoms with Crippen molar-refractivity contribution >= 4 is 5.97 Å². The minimum Gasteiger partial charge on any atom is -0.497 e. The van der Waals surface area contributed by atoms with Gasteiger partial charge in [0.15, 0.2) is 0 Å². The van der Waals surface area contributed by atoms with Crippen LogP contribution in [0, 0.1) is 0 Å². The predicted molar refractivity (Wildman–Crippen MR) is 111 cm³/mol. The van der Waals surface area contributed by atoms with Gasteiger partial charge in [-0.2, -0.15) is 0 Å². The average Bonchev–Trinajstić information content (AvgIpc) is 2.71. The van der Waals surface area contributed by atoms with Gasteiger partial charge < -0.3 is 14.4 Å². The van der Waals surface area contributed by atoms with Crippen molar-refractivity contribution in [2.24, 2.45) is 0 Å². The molecule has 1 N–H and O–H groups in total. The number of rotatable bonds is 6. The molecule has 2 aromatic carbocycles. The Morgan fingerprint density at radius 2 is 1.64 bits per heavy atom. The topological polar surface area (TPSA) is 40.0 Å². The summed E-state index contributed by atoms with van der Waals surface area (Å²) in [5.41, 5.74) is 2.10. The normalized spacial score (nSPS) is 25.7. The summed E-state index contributed by atoms with van der Waals surface area (Å²) in [5, 5.41) is 0. The van der Waals surface area contributed by atoms with Gasteiger partial charge in [0.2, 0.25) is 0 Å². The highest BCUT2D eigenvalue weighted by atomic mass is 16.5. The molecule has 0 saturated carbocycles. The summed E-state index contributed by atoms with van der Waals surface area (Å²) in [4.78, 5) is 14.7. The Morgan fingerprint density at radius 1 is 1.04 bits per heavy atom. The lowest BCUT2D eigenvalue weighted by Crippen LogP contribution is -3.17. The highest BCUT2D eigenvalue weighted by Crippen LogP contribution is 2.26. The number of carbonyl (C=O) groups is 1. The lowest BCUT2D eigenvalue weighted by molar-refractivity contribution is -0.933. The van der Waals surface area contributed by atoms with E-state index in [9.17, 15) is 4.79 Å². The molecule has 28 heavy (non-hydrogen) atoms. The van der Waals surface area contributed by atoms with Crippen molar-refractivity contribution in [2.45, 2.75) is 57.2 Å². The summed E-state index contributed by atoms with van der Waals surface area (Å²) < 4.78 is 11.3. The standard InChI is InChI=1S/C24H31NO3/c1-17-14-22(15-18(2)25(17)3)28-24(26)23(20-8-6-5-7-9-20)16-19-10-12-21(27-4)13-11-19/h5-13,17-18,22-23H,14-16H2,1-4H3/p+1/t17-,18+,22?,23-/m0/s1. The van der Waals surface area contributed by atoms with Crippen LogP contribution in [0.5, 0.6) is 5.75 Å². The number of nitrogens with one attached hydrogen (secondary N) is 1. The van der Waals surface area contributed by atoms with E-state index < -0.39 is 0 Å². The van der Waals surface area contributed by atoms with Crippen LogP contribution in [0.25, 0.3) is 0 Å². The first-order valence-electron chi connectivity index (χ1n) is 10.2. The van der Waals surface area contributed by atoms with Crippen molar-refractivity contribution in [3.8, 4) is 5.75 Å². The Bertz CT molecular complexity index is 747. The molecule has 5 atom stereocenters. The Morgan fingerprint density at radius 3 is 2.21 bits per heavy atom. The molecule has 1 fully saturated rings. The predicted octanol–water partition coefficient (Wildman–Crippen LogP) is 3.02. The zero-order valence-electron chi connectivity index (χ0n) is 17.4. The van der Waals surface area contributed by atoms with Crippen LogP contribution in [-0.2, 0) is 16.0 Å². The fourth-order valence-corrected chi connectivity index (χ4v) is 4.10. The maximum atomic E-state index is 13.2. The van der Waals surface area contributed by atoms with E-state index in [1.807, 2.05) is 54.6 Å². The van der Waals surface area contributed by atoms with E-state index in [-0.39, 0.29) is 18.0 Å². The lowest BCUT2D eigenvalue weighted by atomic mass is 9.91.